The molecule has 1 heterocycles. The normalized spacial score (nSPS) is 50.3. The molecule has 0 amide bonds. The van der Waals surface area contributed by atoms with Gasteiger partial charge in [0.25, 0.3) is 0 Å². The predicted octanol–water partition coefficient (Wildman–Crippen LogP) is 2.55. The average molecular weight is 395 g/mol. The molecule has 28 heavy (non-hydrogen) atoms. The molecule has 3 fully saturated rings. The van der Waals surface area contributed by atoms with E-state index in [9.17, 15) is 19.8 Å². The van der Waals surface area contributed by atoms with Crippen LogP contribution < -0.4 is 0 Å². The van der Waals surface area contributed by atoms with Gasteiger partial charge in [0, 0.05) is 24.7 Å². The zero-order valence-corrected chi connectivity index (χ0v) is 17.9. The first kappa shape index (κ1) is 21.5. The topological polar surface area (TPSA) is 93.1 Å². The number of Topliss-reactive ketones (excluding diaryl/α,β-unsaturated/α-hetero) is 1. The zero-order chi connectivity index (χ0) is 21.3. The maximum atomic E-state index is 13.5. The number of ether oxygens (including phenoxy) is 2. The minimum absolute atomic E-state index is 0.0196. The molecule has 0 unspecified atom stereocenters. The minimum atomic E-state index is -1.90. The molecule has 0 aromatic heterocycles. The van der Waals surface area contributed by atoms with Crippen LogP contribution in [0.5, 0.6) is 0 Å². The summed E-state index contributed by atoms with van der Waals surface area (Å²) < 4.78 is 11.9. The van der Waals surface area contributed by atoms with Gasteiger partial charge in [-0.25, -0.2) is 0 Å². The standard InChI is InChI=1S/C22H34O6/c1-8-19(5)12-14(24)22(26)20(6)11-9-10-18(3,4)16(20)15(25)17(27-13(2)23)21(22,7)28-19/h8,15-17,25-26H,1,9-12H2,2-7H3/t15-,16+,17+,19-,20-,21+,22-/m0/s1. The van der Waals surface area contributed by atoms with Crippen molar-refractivity contribution in [2.24, 2.45) is 16.7 Å². The van der Waals surface area contributed by atoms with E-state index in [1.54, 1.807) is 13.8 Å². The fourth-order valence-corrected chi connectivity index (χ4v) is 6.77. The molecular weight excluding hydrogens is 360 g/mol. The van der Waals surface area contributed by atoms with Crippen LogP contribution in [-0.2, 0) is 19.1 Å². The molecule has 0 bridgehead atoms. The molecule has 2 aliphatic carbocycles. The van der Waals surface area contributed by atoms with Gasteiger partial charge >= 0.3 is 5.97 Å². The van der Waals surface area contributed by atoms with Gasteiger partial charge < -0.3 is 19.7 Å². The van der Waals surface area contributed by atoms with E-state index in [0.29, 0.717) is 6.42 Å². The van der Waals surface area contributed by atoms with Crippen molar-refractivity contribution in [2.45, 2.75) is 96.2 Å². The average Bonchev–Trinajstić information content (AvgIpc) is 2.55. The third kappa shape index (κ3) is 2.50. The largest absolute Gasteiger partial charge is 0.457 e. The Bertz CT molecular complexity index is 716. The second-order valence-electron chi connectivity index (χ2n) is 10.3. The maximum Gasteiger partial charge on any atom is 0.303 e. The number of aliphatic hydroxyl groups is 2. The molecule has 7 atom stereocenters. The van der Waals surface area contributed by atoms with Crippen molar-refractivity contribution in [1.82, 2.24) is 0 Å². The highest BCUT2D eigenvalue weighted by atomic mass is 16.6. The van der Waals surface area contributed by atoms with Crippen LogP contribution in [-0.4, -0.2) is 51.0 Å². The first-order valence-corrected chi connectivity index (χ1v) is 10.1. The molecule has 1 aliphatic heterocycles. The summed E-state index contributed by atoms with van der Waals surface area (Å²) in [5, 5.41) is 23.6. The molecule has 3 aliphatic rings. The van der Waals surface area contributed by atoms with E-state index in [1.807, 2.05) is 20.8 Å². The lowest BCUT2D eigenvalue weighted by atomic mass is 9.40. The SMILES string of the molecule is C=C[C@@]1(C)CC(=O)[C@]2(O)[C@@]3(C)CCCC(C)(C)[C@H]3[C@H](O)[C@@H](OC(C)=O)[C@@]2(C)O1. The van der Waals surface area contributed by atoms with E-state index in [-0.39, 0.29) is 17.6 Å². The molecule has 0 aromatic rings. The number of aliphatic hydroxyl groups excluding tert-OH is 1. The lowest BCUT2D eigenvalue weighted by Gasteiger charge is -2.70. The molecule has 6 nitrogen and oxygen atoms in total. The lowest BCUT2D eigenvalue weighted by molar-refractivity contribution is -0.357. The highest BCUT2D eigenvalue weighted by Gasteiger charge is 2.79. The Hall–Kier alpha value is -1.24. The minimum Gasteiger partial charge on any atom is -0.457 e. The number of hydrogen-bond donors (Lipinski definition) is 2. The van der Waals surface area contributed by atoms with Crippen LogP contribution in [0.25, 0.3) is 0 Å². The highest BCUT2D eigenvalue weighted by Crippen LogP contribution is 2.66. The Morgan fingerprint density at radius 2 is 1.86 bits per heavy atom. The zero-order valence-electron chi connectivity index (χ0n) is 17.9. The number of fused-ring (bicyclic) bond motifs is 3. The van der Waals surface area contributed by atoms with E-state index in [0.717, 1.165) is 12.8 Å². The second-order valence-corrected chi connectivity index (χ2v) is 10.3. The van der Waals surface area contributed by atoms with Crippen LogP contribution in [0.3, 0.4) is 0 Å². The van der Waals surface area contributed by atoms with Crippen molar-refractivity contribution in [3.63, 3.8) is 0 Å². The fraction of sp³-hybridized carbons (Fsp3) is 0.818. The van der Waals surface area contributed by atoms with Crippen LogP contribution in [0.1, 0.15) is 67.2 Å². The molecule has 1 saturated heterocycles. The number of hydrogen-bond acceptors (Lipinski definition) is 6. The molecule has 2 N–H and O–H groups in total. The quantitative estimate of drug-likeness (QED) is 0.552. The van der Waals surface area contributed by atoms with E-state index < -0.39 is 46.3 Å². The molecular formula is C22H34O6. The van der Waals surface area contributed by atoms with Gasteiger partial charge in [-0.15, -0.1) is 6.58 Å². The van der Waals surface area contributed by atoms with Crippen LogP contribution >= 0.6 is 0 Å². The molecule has 0 spiro atoms. The van der Waals surface area contributed by atoms with Gasteiger partial charge in [-0.3, -0.25) is 9.59 Å². The van der Waals surface area contributed by atoms with Gasteiger partial charge in [0.2, 0.25) is 0 Å². The first-order chi connectivity index (χ1) is 12.7. The first-order valence-electron chi connectivity index (χ1n) is 10.1. The lowest BCUT2D eigenvalue weighted by Crippen LogP contribution is -2.84. The van der Waals surface area contributed by atoms with E-state index in [4.69, 9.17) is 9.47 Å². The molecule has 158 valence electrons. The predicted molar refractivity (Wildman–Crippen MR) is 103 cm³/mol. The number of carbonyl (C=O) groups is 2. The van der Waals surface area contributed by atoms with Gasteiger partial charge in [-0.05, 0) is 32.1 Å². The summed E-state index contributed by atoms with van der Waals surface area (Å²) in [6, 6.07) is 0. The summed E-state index contributed by atoms with van der Waals surface area (Å²) in [4.78, 5) is 25.5. The van der Waals surface area contributed by atoms with Crippen LogP contribution in [0.15, 0.2) is 12.7 Å². The Morgan fingerprint density at radius 3 is 2.39 bits per heavy atom. The van der Waals surface area contributed by atoms with Gasteiger partial charge in [0.05, 0.1) is 11.7 Å². The molecule has 0 radical (unpaired) electrons. The molecule has 2 saturated carbocycles. The number of carbonyl (C=O) groups excluding carboxylic acids is 2. The van der Waals surface area contributed by atoms with Gasteiger partial charge in [-0.2, -0.15) is 0 Å². The van der Waals surface area contributed by atoms with E-state index in [1.165, 1.54) is 13.0 Å². The maximum absolute atomic E-state index is 13.5. The third-order valence-corrected chi connectivity index (χ3v) is 7.87. The van der Waals surface area contributed by atoms with Gasteiger partial charge in [-0.1, -0.05) is 33.3 Å². The van der Waals surface area contributed by atoms with Crippen molar-refractivity contribution in [1.29, 1.82) is 0 Å². The Kier molecular flexibility index (Phi) is 4.70. The fourth-order valence-electron chi connectivity index (χ4n) is 6.77. The van der Waals surface area contributed by atoms with Crippen molar-refractivity contribution in [3.8, 4) is 0 Å². The number of rotatable bonds is 2. The summed E-state index contributed by atoms with van der Waals surface area (Å²) in [5.74, 6) is -1.37. The van der Waals surface area contributed by atoms with Crippen molar-refractivity contribution < 1.29 is 29.3 Å². The highest BCUT2D eigenvalue weighted by molar-refractivity contribution is 5.92. The van der Waals surface area contributed by atoms with Crippen molar-refractivity contribution in [2.75, 3.05) is 0 Å². The number of esters is 1. The summed E-state index contributed by atoms with van der Waals surface area (Å²) >= 11 is 0. The molecule has 3 rings (SSSR count). The van der Waals surface area contributed by atoms with Gasteiger partial charge in [0.15, 0.2) is 17.5 Å². The summed E-state index contributed by atoms with van der Waals surface area (Å²) in [6.07, 6.45) is 1.53. The van der Waals surface area contributed by atoms with Gasteiger partial charge in [0.1, 0.15) is 5.60 Å². The summed E-state index contributed by atoms with van der Waals surface area (Å²) in [6.45, 7) is 14.3. The Morgan fingerprint density at radius 1 is 1.25 bits per heavy atom. The molecule has 6 heteroatoms. The molecule has 0 aromatic carbocycles. The smallest absolute Gasteiger partial charge is 0.303 e. The Balaban J connectivity index is 2.28. The third-order valence-electron chi connectivity index (χ3n) is 7.87. The monoisotopic (exact) mass is 394 g/mol. The van der Waals surface area contributed by atoms with E-state index in [2.05, 4.69) is 6.58 Å². The summed E-state index contributed by atoms with van der Waals surface area (Å²) in [7, 11) is 0. The van der Waals surface area contributed by atoms with Crippen molar-refractivity contribution >= 4 is 11.8 Å². The Labute approximate surface area is 167 Å². The number of ketones is 1. The van der Waals surface area contributed by atoms with E-state index >= 15 is 0 Å². The summed E-state index contributed by atoms with van der Waals surface area (Å²) in [5.41, 5.74) is -5.79. The van der Waals surface area contributed by atoms with Crippen LogP contribution in [0.4, 0.5) is 0 Å². The van der Waals surface area contributed by atoms with Crippen LogP contribution in [0.2, 0.25) is 0 Å². The second kappa shape index (κ2) is 6.13. The van der Waals surface area contributed by atoms with Crippen LogP contribution in [0, 0.1) is 16.7 Å². The van der Waals surface area contributed by atoms with Crippen molar-refractivity contribution in [3.05, 3.63) is 12.7 Å².